The molecule has 0 saturated carbocycles. The van der Waals surface area contributed by atoms with Gasteiger partial charge in [-0.2, -0.15) is 0 Å². The summed E-state index contributed by atoms with van der Waals surface area (Å²) in [6, 6.07) is 37.5. The second-order valence-electron chi connectivity index (χ2n) is 7.11. The van der Waals surface area contributed by atoms with Gasteiger partial charge >= 0.3 is 0 Å². The summed E-state index contributed by atoms with van der Waals surface area (Å²) in [6.07, 6.45) is 0.888. The highest BCUT2D eigenvalue weighted by Crippen LogP contribution is 2.37. The lowest BCUT2D eigenvalue weighted by atomic mass is 10.0. The number of hydrogen-bond donors (Lipinski definition) is 0. The molecular weight excluding hydrogens is 354 g/mol. The number of aldehydes is 1. The van der Waals surface area contributed by atoms with Crippen LogP contribution < -0.4 is 4.90 Å². The minimum atomic E-state index is 0.694. The third-order valence-corrected chi connectivity index (χ3v) is 5.25. The summed E-state index contributed by atoms with van der Waals surface area (Å²) in [4.78, 5) is 13.4. The Labute approximate surface area is 169 Å². The van der Waals surface area contributed by atoms with E-state index >= 15 is 0 Å². The lowest BCUT2D eigenvalue weighted by Crippen LogP contribution is -2.09. The maximum atomic E-state index is 11.1. The Morgan fingerprint density at radius 2 is 1.03 bits per heavy atom. The standard InChI is InChI=1S/C27H19NO/c29-19-20-10-11-24-18-27(15-13-23(24)16-20)28(25-8-2-1-3-9-25)26-14-12-21-6-4-5-7-22(21)17-26/h1-19H. The van der Waals surface area contributed by atoms with Crippen molar-refractivity contribution in [1.82, 2.24) is 0 Å². The van der Waals surface area contributed by atoms with Crippen LogP contribution in [0.5, 0.6) is 0 Å². The summed E-state index contributed by atoms with van der Waals surface area (Å²) in [5.74, 6) is 0. The molecule has 0 aliphatic heterocycles. The highest BCUT2D eigenvalue weighted by Gasteiger charge is 2.13. The zero-order valence-electron chi connectivity index (χ0n) is 15.8. The minimum Gasteiger partial charge on any atom is -0.310 e. The van der Waals surface area contributed by atoms with Gasteiger partial charge in [0.05, 0.1) is 0 Å². The van der Waals surface area contributed by atoms with Crippen LogP contribution in [-0.4, -0.2) is 6.29 Å². The summed E-state index contributed by atoms with van der Waals surface area (Å²) < 4.78 is 0. The van der Waals surface area contributed by atoms with Gasteiger partial charge in [0, 0.05) is 22.6 Å². The molecule has 0 radical (unpaired) electrons. The Morgan fingerprint density at radius 1 is 0.483 bits per heavy atom. The van der Waals surface area contributed by atoms with Crippen LogP contribution >= 0.6 is 0 Å². The predicted octanol–water partition coefficient (Wildman–Crippen LogP) is 7.28. The molecule has 0 bridgehead atoms. The number of nitrogens with zero attached hydrogens (tertiary/aromatic N) is 1. The van der Waals surface area contributed by atoms with Gasteiger partial charge in [-0.25, -0.2) is 0 Å². The number of hydrogen-bond acceptors (Lipinski definition) is 2. The van der Waals surface area contributed by atoms with Gasteiger partial charge in [-0.1, -0.05) is 66.7 Å². The van der Waals surface area contributed by atoms with Crippen molar-refractivity contribution in [3.63, 3.8) is 0 Å². The van der Waals surface area contributed by atoms with E-state index in [0.29, 0.717) is 5.56 Å². The molecule has 0 heterocycles. The van der Waals surface area contributed by atoms with Crippen LogP contribution in [0.3, 0.4) is 0 Å². The van der Waals surface area contributed by atoms with Crippen LogP contribution in [0, 0.1) is 0 Å². The van der Waals surface area contributed by atoms with E-state index in [4.69, 9.17) is 0 Å². The van der Waals surface area contributed by atoms with Crippen molar-refractivity contribution in [2.75, 3.05) is 4.90 Å². The molecule has 0 amide bonds. The molecule has 0 aliphatic rings. The maximum absolute atomic E-state index is 11.1. The average molecular weight is 373 g/mol. The highest BCUT2D eigenvalue weighted by molar-refractivity contribution is 5.94. The molecule has 138 valence electrons. The van der Waals surface area contributed by atoms with E-state index < -0.39 is 0 Å². The van der Waals surface area contributed by atoms with E-state index in [0.717, 1.165) is 34.1 Å². The Morgan fingerprint density at radius 3 is 1.76 bits per heavy atom. The van der Waals surface area contributed by atoms with E-state index in [9.17, 15) is 4.79 Å². The number of rotatable bonds is 4. The zero-order valence-corrected chi connectivity index (χ0v) is 15.8. The number of anilines is 3. The summed E-state index contributed by atoms with van der Waals surface area (Å²) in [7, 11) is 0. The maximum Gasteiger partial charge on any atom is 0.150 e. The van der Waals surface area contributed by atoms with Crippen molar-refractivity contribution in [3.05, 3.63) is 115 Å². The van der Waals surface area contributed by atoms with Gasteiger partial charge in [-0.15, -0.1) is 0 Å². The Balaban J connectivity index is 1.69. The number of fused-ring (bicyclic) bond motifs is 2. The molecule has 0 aromatic heterocycles. The number of para-hydroxylation sites is 1. The first-order chi connectivity index (χ1) is 14.3. The molecule has 0 spiro atoms. The van der Waals surface area contributed by atoms with E-state index in [2.05, 4.69) is 89.8 Å². The highest BCUT2D eigenvalue weighted by atomic mass is 16.1. The van der Waals surface area contributed by atoms with Crippen molar-refractivity contribution in [2.45, 2.75) is 0 Å². The Hall–Kier alpha value is -3.91. The fourth-order valence-corrected chi connectivity index (χ4v) is 3.80. The third kappa shape index (κ3) is 3.26. The molecule has 0 aliphatic carbocycles. The summed E-state index contributed by atoms with van der Waals surface area (Å²) in [5.41, 5.74) is 3.99. The molecule has 5 aromatic rings. The molecule has 0 atom stereocenters. The molecule has 0 fully saturated rings. The lowest BCUT2D eigenvalue weighted by molar-refractivity contribution is 0.112. The van der Waals surface area contributed by atoms with Gasteiger partial charge in [0.25, 0.3) is 0 Å². The van der Waals surface area contributed by atoms with Crippen molar-refractivity contribution >= 4 is 44.9 Å². The monoisotopic (exact) mass is 373 g/mol. The van der Waals surface area contributed by atoms with Crippen LogP contribution in [0.15, 0.2) is 109 Å². The molecule has 0 N–H and O–H groups in total. The van der Waals surface area contributed by atoms with Gasteiger partial charge < -0.3 is 4.90 Å². The molecule has 0 saturated heterocycles. The summed E-state index contributed by atoms with van der Waals surface area (Å²) in [5, 5.41) is 4.60. The van der Waals surface area contributed by atoms with Gasteiger partial charge in [-0.3, -0.25) is 4.79 Å². The topological polar surface area (TPSA) is 20.3 Å². The summed E-state index contributed by atoms with van der Waals surface area (Å²) >= 11 is 0. The van der Waals surface area contributed by atoms with E-state index in [1.54, 1.807) is 0 Å². The Kier molecular flexibility index (Phi) is 4.30. The van der Waals surface area contributed by atoms with Gasteiger partial charge in [-0.05, 0) is 64.0 Å². The normalized spacial score (nSPS) is 10.9. The van der Waals surface area contributed by atoms with Crippen molar-refractivity contribution in [2.24, 2.45) is 0 Å². The predicted molar refractivity (Wildman–Crippen MR) is 122 cm³/mol. The smallest absolute Gasteiger partial charge is 0.150 e. The largest absolute Gasteiger partial charge is 0.310 e. The first kappa shape index (κ1) is 17.2. The molecule has 5 aromatic carbocycles. The second kappa shape index (κ2) is 7.25. The zero-order chi connectivity index (χ0) is 19.6. The van der Waals surface area contributed by atoms with Gasteiger partial charge in [0.1, 0.15) is 6.29 Å². The molecule has 2 nitrogen and oxygen atoms in total. The Bertz CT molecular complexity index is 1320. The first-order valence-electron chi connectivity index (χ1n) is 9.65. The van der Waals surface area contributed by atoms with E-state index in [1.165, 1.54) is 10.8 Å². The molecular formula is C27H19NO. The van der Waals surface area contributed by atoms with Crippen molar-refractivity contribution < 1.29 is 4.79 Å². The van der Waals surface area contributed by atoms with Crippen molar-refractivity contribution in [3.8, 4) is 0 Å². The lowest BCUT2D eigenvalue weighted by Gasteiger charge is -2.26. The SMILES string of the molecule is O=Cc1ccc2cc(N(c3ccccc3)c3ccc4ccccc4c3)ccc2c1. The van der Waals surface area contributed by atoms with E-state index in [1.807, 2.05) is 24.3 Å². The fourth-order valence-electron chi connectivity index (χ4n) is 3.80. The number of carbonyl (C=O) groups is 1. The minimum absolute atomic E-state index is 0.694. The average Bonchev–Trinajstić information content (AvgIpc) is 2.79. The van der Waals surface area contributed by atoms with Gasteiger partial charge in [0.15, 0.2) is 0 Å². The van der Waals surface area contributed by atoms with Crippen LogP contribution in [0.4, 0.5) is 17.1 Å². The number of carbonyl (C=O) groups excluding carboxylic acids is 1. The molecule has 2 heteroatoms. The van der Waals surface area contributed by atoms with Crippen molar-refractivity contribution in [1.29, 1.82) is 0 Å². The fraction of sp³-hybridized carbons (Fsp3) is 0. The first-order valence-corrected chi connectivity index (χ1v) is 9.65. The molecule has 0 unspecified atom stereocenters. The third-order valence-electron chi connectivity index (χ3n) is 5.25. The molecule has 29 heavy (non-hydrogen) atoms. The summed E-state index contributed by atoms with van der Waals surface area (Å²) in [6.45, 7) is 0. The van der Waals surface area contributed by atoms with Crippen LogP contribution in [0.25, 0.3) is 21.5 Å². The van der Waals surface area contributed by atoms with Crippen LogP contribution in [-0.2, 0) is 0 Å². The molecule has 5 rings (SSSR count). The number of benzene rings is 5. The quantitative estimate of drug-likeness (QED) is 0.309. The second-order valence-corrected chi connectivity index (χ2v) is 7.11. The van der Waals surface area contributed by atoms with E-state index in [-0.39, 0.29) is 0 Å². The van der Waals surface area contributed by atoms with Crippen LogP contribution in [0.1, 0.15) is 10.4 Å². The van der Waals surface area contributed by atoms with Crippen LogP contribution in [0.2, 0.25) is 0 Å². The van der Waals surface area contributed by atoms with Gasteiger partial charge in [0.2, 0.25) is 0 Å².